The molecule has 4 heterocycles. The van der Waals surface area contributed by atoms with Crippen LogP contribution in [-0.4, -0.2) is 71.3 Å². The molecule has 12 heteroatoms. The van der Waals surface area contributed by atoms with Gasteiger partial charge in [0.15, 0.2) is 11.9 Å². The Balaban J connectivity index is 1.19. The molecule has 2 atom stereocenters. The fraction of sp³-hybridized carbons (Fsp3) is 0.435. The first-order valence-electron chi connectivity index (χ1n) is 11.6. The monoisotopic (exact) mass is 498 g/mol. The number of anilines is 4. The molecule has 0 spiro atoms. The molecular weight excluding hydrogens is 471 g/mol. The van der Waals surface area contributed by atoms with E-state index >= 15 is 0 Å². The number of benzene rings is 1. The van der Waals surface area contributed by atoms with Crippen LogP contribution in [0.1, 0.15) is 25.0 Å². The summed E-state index contributed by atoms with van der Waals surface area (Å²) in [5.74, 6) is 0.528. The van der Waals surface area contributed by atoms with Crippen molar-refractivity contribution in [1.29, 1.82) is 0 Å². The summed E-state index contributed by atoms with van der Waals surface area (Å²) in [4.78, 5) is 17.2. The summed E-state index contributed by atoms with van der Waals surface area (Å²) < 4.78 is 19.0. The lowest BCUT2D eigenvalue weighted by atomic mass is 10.1. The van der Waals surface area contributed by atoms with Gasteiger partial charge in [0.05, 0.1) is 13.1 Å². The van der Waals surface area contributed by atoms with E-state index in [0.29, 0.717) is 35.5 Å². The third-order valence-corrected chi connectivity index (χ3v) is 6.77. The number of ether oxygens (including phenoxy) is 1. The van der Waals surface area contributed by atoms with Crippen LogP contribution in [0, 0.1) is 0 Å². The number of hydrogen-bond acceptors (Lipinski definition) is 10. The van der Waals surface area contributed by atoms with Gasteiger partial charge in [-0.3, -0.25) is 10.1 Å². The third-order valence-electron chi connectivity index (χ3n) is 6.00. The molecule has 1 aromatic carbocycles. The molecule has 3 aromatic rings. The largest absolute Gasteiger partial charge is 0.366 e. The van der Waals surface area contributed by atoms with Crippen molar-refractivity contribution >= 4 is 39.0 Å². The topological polar surface area (TPSA) is 108 Å². The van der Waals surface area contributed by atoms with E-state index in [9.17, 15) is 9.18 Å². The van der Waals surface area contributed by atoms with Crippen molar-refractivity contribution in [3.63, 3.8) is 0 Å². The Morgan fingerprint density at radius 3 is 2.80 bits per heavy atom. The van der Waals surface area contributed by atoms with Gasteiger partial charge in [0.25, 0.3) is 5.91 Å². The minimum absolute atomic E-state index is 0.192. The fourth-order valence-electron chi connectivity index (χ4n) is 4.24. The van der Waals surface area contributed by atoms with Crippen molar-refractivity contribution in [2.45, 2.75) is 31.7 Å². The molecule has 10 nitrogen and oxygen atoms in total. The minimum atomic E-state index is -0.807. The number of hydrogen-bond donors (Lipinski definition) is 2. The predicted molar refractivity (Wildman–Crippen MR) is 133 cm³/mol. The number of carbonyl (C=O) groups excluding carboxylic acids is 1. The first-order valence-corrected chi connectivity index (χ1v) is 12.4. The molecule has 0 bridgehead atoms. The van der Waals surface area contributed by atoms with E-state index < -0.39 is 12.3 Å². The molecule has 2 N–H and O–H groups in total. The molecule has 2 aliphatic rings. The molecule has 0 aliphatic carbocycles. The van der Waals surface area contributed by atoms with E-state index in [1.165, 1.54) is 11.3 Å². The second kappa shape index (κ2) is 10.5. The molecule has 5 rings (SSSR count). The Morgan fingerprint density at radius 2 is 2.03 bits per heavy atom. The number of alkyl halides is 1. The highest BCUT2D eigenvalue weighted by atomic mass is 32.1. The molecule has 2 saturated heterocycles. The number of halogens is 1. The van der Waals surface area contributed by atoms with Crippen LogP contribution in [0.4, 0.5) is 26.2 Å². The maximum atomic E-state index is 13.3. The Bertz CT molecular complexity index is 1140. The Kier molecular flexibility index (Phi) is 7.00. The minimum Gasteiger partial charge on any atom is -0.366 e. The predicted octanol–water partition coefficient (Wildman–Crippen LogP) is 2.89. The number of rotatable bonds is 9. The summed E-state index contributed by atoms with van der Waals surface area (Å²) >= 11 is 1.28. The van der Waals surface area contributed by atoms with Gasteiger partial charge in [-0.25, -0.2) is 4.39 Å². The van der Waals surface area contributed by atoms with E-state index in [-0.39, 0.29) is 11.9 Å². The highest BCUT2D eigenvalue weighted by molar-refractivity contribution is 7.19. The van der Waals surface area contributed by atoms with Crippen molar-refractivity contribution in [2.75, 3.05) is 53.2 Å². The number of aromatic nitrogens is 4. The molecule has 184 valence electrons. The zero-order valence-electron chi connectivity index (χ0n) is 19.3. The number of nitrogens with one attached hydrogen (secondary N) is 2. The molecule has 0 saturated carbocycles. The first-order chi connectivity index (χ1) is 17.1. The fourth-order valence-corrected chi connectivity index (χ4v) is 4.96. The van der Waals surface area contributed by atoms with Gasteiger partial charge in [-0.1, -0.05) is 23.5 Å². The third kappa shape index (κ3) is 5.49. The van der Waals surface area contributed by atoms with Crippen LogP contribution >= 0.6 is 11.3 Å². The van der Waals surface area contributed by atoms with Crippen molar-refractivity contribution in [3.8, 4) is 0 Å². The summed E-state index contributed by atoms with van der Waals surface area (Å²) in [5.41, 5.74) is 1.59. The molecule has 2 aliphatic heterocycles. The maximum absolute atomic E-state index is 13.3. The van der Waals surface area contributed by atoms with Gasteiger partial charge in [-0.15, -0.1) is 15.3 Å². The quantitative estimate of drug-likeness (QED) is 0.460. The zero-order valence-corrected chi connectivity index (χ0v) is 20.1. The van der Waals surface area contributed by atoms with E-state index in [2.05, 4.69) is 35.9 Å². The Morgan fingerprint density at radius 1 is 1.17 bits per heavy atom. The lowest BCUT2D eigenvalue weighted by Crippen LogP contribution is -2.48. The van der Waals surface area contributed by atoms with Gasteiger partial charge in [-0.05, 0) is 43.2 Å². The van der Waals surface area contributed by atoms with Crippen LogP contribution in [0.5, 0.6) is 0 Å². The number of amides is 1. The summed E-state index contributed by atoms with van der Waals surface area (Å²) in [7, 11) is 0. The van der Waals surface area contributed by atoms with Crippen LogP contribution in [0.25, 0.3) is 0 Å². The van der Waals surface area contributed by atoms with E-state index in [1.54, 1.807) is 6.20 Å². The van der Waals surface area contributed by atoms with Gasteiger partial charge in [0.2, 0.25) is 10.3 Å². The van der Waals surface area contributed by atoms with E-state index in [1.807, 2.05) is 48.2 Å². The van der Waals surface area contributed by atoms with E-state index in [4.69, 9.17) is 4.74 Å². The molecule has 1 amide bonds. The molecule has 2 aromatic heterocycles. The van der Waals surface area contributed by atoms with Gasteiger partial charge >= 0.3 is 0 Å². The molecular formula is C23H27FN8O2S. The van der Waals surface area contributed by atoms with Crippen molar-refractivity contribution in [3.05, 3.63) is 48.2 Å². The maximum Gasteiger partial charge on any atom is 0.259 e. The van der Waals surface area contributed by atoms with Gasteiger partial charge in [-0.2, -0.15) is 5.10 Å². The molecule has 2 fully saturated rings. The van der Waals surface area contributed by atoms with Crippen LogP contribution in [-0.2, 0) is 9.53 Å². The lowest BCUT2D eigenvalue weighted by molar-refractivity contribution is -0.127. The van der Waals surface area contributed by atoms with E-state index in [0.717, 1.165) is 31.0 Å². The Hall–Kier alpha value is -3.38. The average Bonchev–Trinajstić information content (AvgIpc) is 3.51. The first kappa shape index (κ1) is 23.4. The molecule has 0 unspecified atom stereocenters. The van der Waals surface area contributed by atoms with Crippen LogP contribution in [0.3, 0.4) is 0 Å². The van der Waals surface area contributed by atoms with Crippen LogP contribution in [0.15, 0.2) is 42.6 Å². The van der Waals surface area contributed by atoms with Crippen molar-refractivity contribution < 1.29 is 13.9 Å². The highest BCUT2D eigenvalue weighted by Gasteiger charge is 2.29. The van der Waals surface area contributed by atoms with Crippen LogP contribution < -0.4 is 20.4 Å². The van der Waals surface area contributed by atoms with Gasteiger partial charge < -0.3 is 19.9 Å². The highest BCUT2D eigenvalue weighted by Crippen LogP contribution is 2.29. The van der Waals surface area contributed by atoms with Crippen molar-refractivity contribution in [2.24, 2.45) is 0 Å². The second-order valence-corrected chi connectivity index (χ2v) is 9.47. The number of carbonyl (C=O) groups is 1. The summed E-state index contributed by atoms with van der Waals surface area (Å²) in [6.45, 7) is 4.60. The average molecular weight is 499 g/mol. The molecule has 35 heavy (non-hydrogen) atoms. The summed E-state index contributed by atoms with van der Waals surface area (Å²) in [6.07, 6.45) is 0.981. The smallest absolute Gasteiger partial charge is 0.259 e. The van der Waals surface area contributed by atoms with Gasteiger partial charge in [0.1, 0.15) is 6.17 Å². The molecule has 0 radical (unpaired) electrons. The second-order valence-electron chi connectivity index (χ2n) is 8.49. The SMILES string of the molecule is CCO[C@@H](C(=O)Nc1nnc(N[C@@H]2CCN(c3cccnn3)C2)s1)c1cccc(N2CC(F)C2)c1. The summed E-state index contributed by atoms with van der Waals surface area (Å²) in [5, 5.41) is 23.7. The normalized spacial score (nSPS) is 18.9. The summed E-state index contributed by atoms with van der Waals surface area (Å²) in [6, 6.07) is 11.5. The number of nitrogens with zero attached hydrogens (tertiary/aromatic N) is 6. The van der Waals surface area contributed by atoms with Crippen LogP contribution in [0.2, 0.25) is 0 Å². The Labute approximate surface area is 206 Å². The lowest BCUT2D eigenvalue weighted by Gasteiger charge is -2.36. The zero-order chi connectivity index (χ0) is 24.2. The van der Waals surface area contributed by atoms with Gasteiger partial charge in [0, 0.05) is 37.6 Å². The van der Waals surface area contributed by atoms with Crippen molar-refractivity contribution in [1.82, 2.24) is 20.4 Å². The standard InChI is InChI=1S/C23H27FN8O2S/c1-2-34-20(15-5-3-6-18(11-15)32-12-16(24)13-32)21(33)27-23-30-29-22(35-23)26-17-8-10-31(14-17)19-7-4-9-25-28-19/h3-7,9,11,16-17,20H,2,8,10,12-14H2,1H3,(H,26,29)(H,27,30,33)/t17-,20-/m1/s1.